The third kappa shape index (κ3) is 11.0. The normalized spacial score (nSPS) is 9.94. The SMILES string of the molecule is CNCc1ccc(C(=O)CCC(=O)OC)cc1.COC(=O)CCC(=O)c1ccc(CBr)cc1. The fraction of sp³-hybridized carbons (Fsp3) is 0.360. The van der Waals surface area contributed by atoms with Gasteiger partial charge in [0.1, 0.15) is 0 Å². The Bertz CT molecular complexity index is 909. The summed E-state index contributed by atoms with van der Waals surface area (Å²) >= 11 is 3.33. The molecule has 0 radical (unpaired) electrons. The Morgan fingerprint density at radius 2 is 1.09 bits per heavy atom. The lowest BCUT2D eigenvalue weighted by Crippen LogP contribution is -2.07. The molecule has 2 aromatic carbocycles. The summed E-state index contributed by atoms with van der Waals surface area (Å²) < 4.78 is 8.96. The number of carbonyl (C=O) groups excluding carboxylic acids is 4. The van der Waals surface area contributed by atoms with E-state index in [1.165, 1.54) is 14.2 Å². The lowest BCUT2D eigenvalue weighted by molar-refractivity contribution is -0.141. The number of methoxy groups -OCH3 is 2. The number of hydrogen-bond acceptors (Lipinski definition) is 7. The molecule has 7 nitrogen and oxygen atoms in total. The predicted octanol–water partition coefficient (Wildman–Crippen LogP) is 4.26. The van der Waals surface area contributed by atoms with Crippen molar-refractivity contribution in [3.63, 3.8) is 0 Å². The van der Waals surface area contributed by atoms with Crippen LogP contribution in [0.25, 0.3) is 0 Å². The van der Waals surface area contributed by atoms with Gasteiger partial charge in [-0.1, -0.05) is 64.5 Å². The fourth-order valence-electron chi connectivity index (χ4n) is 2.72. The topological polar surface area (TPSA) is 98.8 Å². The van der Waals surface area contributed by atoms with Crippen LogP contribution in [-0.4, -0.2) is 44.8 Å². The van der Waals surface area contributed by atoms with Crippen LogP contribution in [0.5, 0.6) is 0 Å². The van der Waals surface area contributed by atoms with Crippen molar-refractivity contribution in [3.8, 4) is 0 Å². The van der Waals surface area contributed by atoms with Crippen molar-refractivity contribution in [2.45, 2.75) is 37.6 Å². The van der Waals surface area contributed by atoms with Crippen molar-refractivity contribution in [2.75, 3.05) is 21.3 Å². The highest BCUT2D eigenvalue weighted by molar-refractivity contribution is 9.08. The van der Waals surface area contributed by atoms with E-state index in [1.54, 1.807) is 24.3 Å². The smallest absolute Gasteiger partial charge is 0.305 e. The molecule has 0 amide bonds. The minimum atomic E-state index is -0.356. The molecule has 0 saturated heterocycles. The van der Waals surface area contributed by atoms with Crippen LogP contribution in [0.1, 0.15) is 57.5 Å². The summed E-state index contributed by atoms with van der Waals surface area (Å²) in [6, 6.07) is 14.7. The summed E-state index contributed by atoms with van der Waals surface area (Å²) in [4.78, 5) is 45.1. The monoisotopic (exact) mass is 519 g/mol. The van der Waals surface area contributed by atoms with E-state index in [2.05, 4.69) is 30.7 Å². The van der Waals surface area contributed by atoms with Gasteiger partial charge >= 0.3 is 11.9 Å². The first kappa shape index (κ1) is 28.2. The average Bonchev–Trinajstić information content (AvgIpc) is 2.86. The van der Waals surface area contributed by atoms with Gasteiger partial charge in [-0.05, 0) is 18.2 Å². The highest BCUT2D eigenvalue weighted by atomic mass is 79.9. The largest absolute Gasteiger partial charge is 0.469 e. The van der Waals surface area contributed by atoms with Crippen LogP contribution in [0.3, 0.4) is 0 Å². The molecule has 178 valence electrons. The molecule has 0 heterocycles. The van der Waals surface area contributed by atoms with Crippen molar-refractivity contribution < 1.29 is 28.7 Å². The Labute approximate surface area is 203 Å². The second-order valence-electron chi connectivity index (χ2n) is 7.06. The molecule has 0 aliphatic rings. The Morgan fingerprint density at radius 3 is 1.42 bits per heavy atom. The molecule has 0 fully saturated rings. The van der Waals surface area contributed by atoms with E-state index in [9.17, 15) is 19.2 Å². The number of halogens is 1. The van der Waals surface area contributed by atoms with E-state index in [4.69, 9.17) is 0 Å². The van der Waals surface area contributed by atoms with Crippen LogP contribution in [0.4, 0.5) is 0 Å². The molecule has 8 heteroatoms. The van der Waals surface area contributed by atoms with Crippen LogP contribution in [0.2, 0.25) is 0 Å². The summed E-state index contributed by atoms with van der Waals surface area (Å²) in [7, 11) is 4.51. The maximum absolute atomic E-state index is 11.7. The van der Waals surface area contributed by atoms with E-state index in [0.717, 1.165) is 23.0 Å². The molecular formula is C25H30BrNO6. The van der Waals surface area contributed by atoms with E-state index < -0.39 is 0 Å². The van der Waals surface area contributed by atoms with Crippen molar-refractivity contribution in [1.82, 2.24) is 5.32 Å². The highest BCUT2D eigenvalue weighted by Crippen LogP contribution is 2.11. The second kappa shape index (κ2) is 15.9. The molecule has 0 aliphatic heterocycles. The third-order valence-electron chi connectivity index (χ3n) is 4.65. The molecule has 0 unspecified atom stereocenters. The van der Waals surface area contributed by atoms with Gasteiger partial charge in [0, 0.05) is 35.8 Å². The molecule has 33 heavy (non-hydrogen) atoms. The van der Waals surface area contributed by atoms with E-state index in [-0.39, 0.29) is 49.2 Å². The molecule has 0 aromatic heterocycles. The maximum Gasteiger partial charge on any atom is 0.305 e. The van der Waals surface area contributed by atoms with E-state index >= 15 is 0 Å². The lowest BCUT2D eigenvalue weighted by Gasteiger charge is -2.03. The van der Waals surface area contributed by atoms with Crippen LogP contribution in [0.15, 0.2) is 48.5 Å². The number of esters is 2. The summed E-state index contributed by atoms with van der Waals surface area (Å²) in [5, 5.41) is 3.80. The van der Waals surface area contributed by atoms with Gasteiger partial charge in [-0.3, -0.25) is 19.2 Å². The Balaban J connectivity index is 0.000000331. The molecule has 0 spiro atoms. The zero-order valence-corrected chi connectivity index (χ0v) is 20.8. The predicted molar refractivity (Wildman–Crippen MR) is 129 cm³/mol. The Hall–Kier alpha value is -2.84. The van der Waals surface area contributed by atoms with Crippen molar-refractivity contribution in [3.05, 3.63) is 70.8 Å². The van der Waals surface area contributed by atoms with E-state index in [0.29, 0.717) is 11.1 Å². The number of Topliss-reactive ketones (excluding diaryl/α,β-unsaturated/α-hetero) is 2. The van der Waals surface area contributed by atoms with Crippen molar-refractivity contribution in [1.29, 1.82) is 0 Å². The Morgan fingerprint density at radius 1 is 0.697 bits per heavy atom. The molecule has 1 N–H and O–H groups in total. The lowest BCUT2D eigenvalue weighted by atomic mass is 10.0. The molecule has 2 aromatic rings. The van der Waals surface area contributed by atoms with Gasteiger partial charge < -0.3 is 14.8 Å². The molecule has 0 atom stereocenters. The van der Waals surface area contributed by atoms with Gasteiger partial charge in [-0.2, -0.15) is 0 Å². The highest BCUT2D eigenvalue weighted by Gasteiger charge is 2.10. The third-order valence-corrected chi connectivity index (χ3v) is 5.30. The molecule has 0 saturated carbocycles. The standard InChI is InChI=1S/C13H17NO3.C12H13BrO3/c1-14-9-10-3-5-11(6-4-10)12(15)7-8-13(16)17-2;1-16-12(15)7-6-11(14)10-4-2-9(8-13)3-5-10/h3-6,14H,7-9H2,1-2H3;2-5H,6-8H2,1H3. The maximum atomic E-state index is 11.7. The first-order valence-electron chi connectivity index (χ1n) is 10.4. The Kier molecular flexibility index (Phi) is 13.6. The number of benzene rings is 2. The van der Waals surface area contributed by atoms with Crippen LogP contribution in [0, 0.1) is 0 Å². The average molecular weight is 520 g/mol. The quantitative estimate of drug-likeness (QED) is 0.269. The van der Waals surface area contributed by atoms with Crippen LogP contribution in [-0.2, 0) is 30.9 Å². The molecular weight excluding hydrogens is 490 g/mol. The number of alkyl halides is 1. The number of ketones is 2. The van der Waals surface area contributed by atoms with Gasteiger partial charge in [-0.25, -0.2) is 0 Å². The van der Waals surface area contributed by atoms with Crippen molar-refractivity contribution >= 4 is 39.4 Å². The fourth-order valence-corrected chi connectivity index (χ4v) is 3.09. The van der Waals surface area contributed by atoms with E-state index in [1.807, 2.05) is 31.3 Å². The number of carbonyl (C=O) groups is 4. The molecule has 0 aliphatic carbocycles. The van der Waals surface area contributed by atoms with Gasteiger partial charge in [-0.15, -0.1) is 0 Å². The number of hydrogen-bond donors (Lipinski definition) is 1. The van der Waals surface area contributed by atoms with Gasteiger partial charge in [0.15, 0.2) is 11.6 Å². The summed E-state index contributed by atoms with van der Waals surface area (Å²) in [6.07, 6.45) is 0.654. The zero-order chi connectivity index (χ0) is 24.6. The van der Waals surface area contributed by atoms with Gasteiger partial charge in [0.2, 0.25) is 0 Å². The van der Waals surface area contributed by atoms with Crippen LogP contribution < -0.4 is 5.32 Å². The summed E-state index contributed by atoms with van der Waals surface area (Å²) in [6.45, 7) is 0.774. The first-order valence-corrected chi connectivity index (χ1v) is 11.5. The van der Waals surface area contributed by atoms with Gasteiger partial charge in [0.05, 0.1) is 27.1 Å². The summed E-state index contributed by atoms with van der Waals surface area (Å²) in [5.41, 5.74) is 3.50. The number of ether oxygens (including phenoxy) is 2. The second-order valence-corrected chi connectivity index (χ2v) is 7.62. The number of nitrogens with one attached hydrogen (secondary N) is 1. The molecule has 0 bridgehead atoms. The molecule has 2 rings (SSSR count). The van der Waals surface area contributed by atoms with Crippen LogP contribution >= 0.6 is 15.9 Å². The van der Waals surface area contributed by atoms with Crippen molar-refractivity contribution in [2.24, 2.45) is 0 Å². The first-order chi connectivity index (χ1) is 15.8. The number of rotatable bonds is 11. The minimum absolute atomic E-state index is 0.0356. The summed E-state index contributed by atoms with van der Waals surface area (Å²) in [5.74, 6) is -0.784. The zero-order valence-electron chi connectivity index (χ0n) is 19.2. The van der Waals surface area contributed by atoms with Gasteiger partial charge in [0.25, 0.3) is 0 Å². The minimum Gasteiger partial charge on any atom is -0.469 e.